The van der Waals surface area contributed by atoms with Crippen LogP contribution in [0.25, 0.3) is 10.9 Å². The number of para-hydroxylation sites is 1. The van der Waals surface area contributed by atoms with Crippen molar-refractivity contribution in [1.82, 2.24) is 4.98 Å². The number of aliphatic hydroxyl groups excluding tert-OH is 1. The Morgan fingerprint density at radius 1 is 1.22 bits per heavy atom. The molecule has 2 N–H and O–H groups in total. The molecule has 2 aromatic carbocycles. The number of hydrogen-bond donors (Lipinski definition) is 2. The Labute approximate surface area is 163 Å². The molecule has 0 saturated carbocycles. The summed E-state index contributed by atoms with van der Waals surface area (Å²) in [6.07, 6.45) is 0.0753. The highest BCUT2D eigenvalue weighted by atomic mass is 35.5. The number of anilines is 1. The van der Waals surface area contributed by atoms with Gasteiger partial charge in [-0.2, -0.15) is 0 Å². The van der Waals surface area contributed by atoms with E-state index >= 15 is 0 Å². The molecule has 0 aliphatic heterocycles. The zero-order chi connectivity index (χ0) is 19.6. The van der Waals surface area contributed by atoms with Gasteiger partial charge in [0.1, 0.15) is 6.10 Å². The maximum Gasteiger partial charge on any atom is 0.258 e. The molecular formula is C18H13Cl2N3O4. The molecule has 3 rings (SSSR count). The predicted octanol–water partition coefficient (Wildman–Crippen LogP) is 4.10. The molecule has 3 aromatic rings. The zero-order valence-electron chi connectivity index (χ0n) is 13.7. The Hall–Kier alpha value is -2.74. The molecule has 0 spiro atoms. The van der Waals surface area contributed by atoms with E-state index in [1.807, 2.05) is 0 Å². The van der Waals surface area contributed by atoms with Crippen molar-refractivity contribution in [1.29, 1.82) is 0 Å². The van der Waals surface area contributed by atoms with Crippen molar-refractivity contribution >= 4 is 45.7 Å². The summed E-state index contributed by atoms with van der Waals surface area (Å²) in [5, 5.41) is 24.2. The summed E-state index contributed by atoms with van der Waals surface area (Å²) < 4.78 is 0. The molecule has 7 nitrogen and oxygen atoms in total. The second kappa shape index (κ2) is 7.87. The molecule has 0 aliphatic rings. The number of hydrogen-bond acceptors (Lipinski definition) is 5. The molecule has 1 unspecified atom stereocenters. The van der Waals surface area contributed by atoms with Gasteiger partial charge in [0.05, 0.1) is 26.8 Å². The lowest BCUT2D eigenvalue weighted by atomic mass is 10.1. The molecule has 0 saturated heterocycles. The summed E-state index contributed by atoms with van der Waals surface area (Å²) in [5.74, 6) is -0.489. The van der Waals surface area contributed by atoms with Crippen molar-refractivity contribution in [2.24, 2.45) is 0 Å². The van der Waals surface area contributed by atoms with Gasteiger partial charge in [-0.05, 0) is 24.3 Å². The maximum atomic E-state index is 12.6. The summed E-state index contributed by atoms with van der Waals surface area (Å²) in [6, 6.07) is 11.4. The van der Waals surface area contributed by atoms with Crippen molar-refractivity contribution in [2.75, 3.05) is 11.9 Å². The van der Waals surface area contributed by atoms with Gasteiger partial charge in [0.2, 0.25) is 6.54 Å². The van der Waals surface area contributed by atoms with Gasteiger partial charge in [0.25, 0.3) is 5.91 Å². The standard InChI is InChI=1S/C18H13Cl2N3O4/c19-12-4-2-5-13(20)16(12)18(25)22-14-6-1-3-10-7-11(8-21-17(10)14)15(24)9-23(26)27/h1-8,15,24H,9H2,(H,22,25). The van der Waals surface area contributed by atoms with Gasteiger partial charge in [-0.3, -0.25) is 19.9 Å². The SMILES string of the molecule is O=C(Nc1cccc2cc(C(O)C[N+](=O)[O-])cnc12)c1c(Cl)cccc1Cl. The van der Waals surface area contributed by atoms with Gasteiger partial charge < -0.3 is 10.4 Å². The maximum absolute atomic E-state index is 12.6. The number of aromatic nitrogens is 1. The topological polar surface area (TPSA) is 105 Å². The third-order valence-corrected chi connectivity index (χ3v) is 4.51. The number of nitrogens with one attached hydrogen (secondary N) is 1. The second-order valence-corrected chi connectivity index (χ2v) is 6.54. The van der Waals surface area contributed by atoms with E-state index in [-0.39, 0.29) is 15.6 Å². The normalized spacial score (nSPS) is 12.0. The number of fused-ring (bicyclic) bond motifs is 1. The molecule has 1 atom stereocenters. The van der Waals surface area contributed by atoms with Crippen LogP contribution in [0, 0.1) is 10.1 Å². The van der Waals surface area contributed by atoms with E-state index in [0.29, 0.717) is 22.2 Å². The van der Waals surface area contributed by atoms with E-state index in [2.05, 4.69) is 10.3 Å². The Morgan fingerprint density at radius 3 is 2.56 bits per heavy atom. The molecule has 0 radical (unpaired) electrons. The first-order valence-electron chi connectivity index (χ1n) is 7.80. The van der Waals surface area contributed by atoms with Gasteiger partial charge in [-0.15, -0.1) is 0 Å². The Kier molecular flexibility index (Phi) is 5.55. The fraction of sp³-hybridized carbons (Fsp3) is 0.111. The second-order valence-electron chi connectivity index (χ2n) is 5.73. The summed E-state index contributed by atoms with van der Waals surface area (Å²) in [5.41, 5.74) is 1.35. The summed E-state index contributed by atoms with van der Waals surface area (Å²) in [4.78, 5) is 26.8. The molecule has 9 heteroatoms. The Balaban J connectivity index is 1.94. The lowest BCUT2D eigenvalue weighted by Crippen LogP contribution is -2.14. The van der Waals surface area contributed by atoms with Gasteiger partial charge in [-0.25, -0.2) is 0 Å². The highest BCUT2D eigenvalue weighted by Gasteiger charge is 2.18. The summed E-state index contributed by atoms with van der Waals surface area (Å²) in [6.45, 7) is -0.616. The number of nitrogens with zero attached hydrogens (tertiary/aromatic N) is 2. The molecule has 1 heterocycles. The molecule has 0 fully saturated rings. The number of carbonyl (C=O) groups excluding carboxylic acids is 1. The van der Waals surface area contributed by atoms with Crippen LogP contribution in [-0.4, -0.2) is 27.5 Å². The van der Waals surface area contributed by atoms with Gasteiger partial charge >= 0.3 is 0 Å². The van der Waals surface area contributed by atoms with E-state index in [4.69, 9.17) is 23.2 Å². The molecule has 1 amide bonds. The number of halogens is 2. The first-order chi connectivity index (χ1) is 12.9. The highest BCUT2D eigenvalue weighted by molar-refractivity contribution is 6.40. The average Bonchev–Trinajstić information content (AvgIpc) is 2.60. The molecule has 0 aliphatic carbocycles. The Morgan fingerprint density at radius 2 is 1.89 bits per heavy atom. The van der Waals surface area contributed by atoms with E-state index < -0.39 is 23.5 Å². The van der Waals surface area contributed by atoms with Crippen LogP contribution < -0.4 is 5.32 Å². The largest absolute Gasteiger partial charge is 0.381 e. The van der Waals surface area contributed by atoms with Gasteiger partial charge in [-0.1, -0.05) is 41.4 Å². The van der Waals surface area contributed by atoms with Crippen LogP contribution in [0.15, 0.2) is 48.7 Å². The molecule has 27 heavy (non-hydrogen) atoms. The van der Waals surface area contributed by atoms with Crippen LogP contribution in [0.4, 0.5) is 5.69 Å². The van der Waals surface area contributed by atoms with E-state index in [1.165, 1.54) is 6.20 Å². The van der Waals surface area contributed by atoms with Gasteiger partial charge in [0.15, 0.2) is 0 Å². The minimum Gasteiger partial charge on any atom is -0.381 e. The van der Waals surface area contributed by atoms with Crippen LogP contribution in [0.1, 0.15) is 22.0 Å². The van der Waals surface area contributed by atoms with Crippen LogP contribution >= 0.6 is 23.2 Å². The fourth-order valence-corrected chi connectivity index (χ4v) is 3.18. The smallest absolute Gasteiger partial charge is 0.258 e. The van der Waals surface area contributed by atoms with Crippen molar-refractivity contribution in [3.63, 3.8) is 0 Å². The number of rotatable bonds is 5. The van der Waals surface area contributed by atoms with Gasteiger partial charge in [0, 0.05) is 22.1 Å². The van der Waals surface area contributed by atoms with Crippen LogP contribution in [0.2, 0.25) is 10.0 Å². The van der Waals surface area contributed by atoms with Crippen LogP contribution in [0.5, 0.6) is 0 Å². The molecule has 0 bridgehead atoms. The molecule has 1 aromatic heterocycles. The monoisotopic (exact) mass is 405 g/mol. The van der Waals surface area contributed by atoms with Crippen LogP contribution in [-0.2, 0) is 0 Å². The number of nitro groups is 1. The minimum absolute atomic E-state index is 0.149. The van der Waals surface area contributed by atoms with Crippen LogP contribution in [0.3, 0.4) is 0 Å². The quantitative estimate of drug-likeness (QED) is 0.490. The minimum atomic E-state index is -1.27. The lowest BCUT2D eigenvalue weighted by Gasteiger charge is -2.12. The number of carbonyl (C=O) groups is 1. The van der Waals surface area contributed by atoms with Crippen molar-refractivity contribution < 1.29 is 14.8 Å². The number of pyridine rings is 1. The van der Waals surface area contributed by atoms with Crippen molar-refractivity contribution in [3.8, 4) is 0 Å². The summed E-state index contributed by atoms with van der Waals surface area (Å²) in [7, 11) is 0. The third kappa shape index (κ3) is 4.16. The Bertz CT molecular complexity index is 1020. The zero-order valence-corrected chi connectivity index (χ0v) is 15.2. The lowest BCUT2D eigenvalue weighted by molar-refractivity contribution is -0.491. The number of benzene rings is 2. The summed E-state index contributed by atoms with van der Waals surface area (Å²) >= 11 is 12.1. The van der Waals surface area contributed by atoms with Crippen molar-refractivity contribution in [2.45, 2.75) is 6.10 Å². The van der Waals surface area contributed by atoms with E-state index in [1.54, 1.807) is 42.5 Å². The highest BCUT2D eigenvalue weighted by Crippen LogP contribution is 2.28. The average molecular weight is 406 g/mol. The first-order valence-corrected chi connectivity index (χ1v) is 8.56. The number of amides is 1. The third-order valence-electron chi connectivity index (χ3n) is 3.88. The first kappa shape index (κ1) is 19.0. The van der Waals surface area contributed by atoms with E-state index in [0.717, 1.165) is 0 Å². The number of aliphatic hydroxyl groups is 1. The fourth-order valence-electron chi connectivity index (χ4n) is 2.61. The van der Waals surface area contributed by atoms with E-state index in [9.17, 15) is 20.0 Å². The van der Waals surface area contributed by atoms with Crippen molar-refractivity contribution in [3.05, 3.63) is 79.9 Å². The molecule has 138 valence electrons. The predicted molar refractivity (Wildman–Crippen MR) is 103 cm³/mol. The molecular weight excluding hydrogens is 393 g/mol.